The summed E-state index contributed by atoms with van der Waals surface area (Å²) in [4.78, 5) is 10.8. The standard InChI is InChI=1S/C13H19NO4S2/c1-10(7-13(15)16)19-9-11-5-4-6-12(8-11)20(17,18)14(2)3/h4-6,8,10H,7,9H2,1-3H3,(H,15,16). The summed E-state index contributed by atoms with van der Waals surface area (Å²) in [6, 6.07) is 6.74. The summed E-state index contributed by atoms with van der Waals surface area (Å²) in [7, 11) is -0.443. The summed E-state index contributed by atoms with van der Waals surface area (Å²) >= 11 is 1.50. The lowest BCUT2D eigenvalue weighted by atomic mass is 10.2. The minimum absolute atomic E-state index is 0.0124. The smallest absolute Gasteiger partial charge is 0.304 e. The number of thioether (sulfide) groups is 1. The molecule has 1 unspecified atom stereocenters. The lowest BCUT2D eigenvalue weighted by Crippen LogP contribution is -2.22. The van der Waals surface area contributed by atoms with Gasteiger partial charge in [-0.3, -0.25) is 4.79 Å². The summed E-state index contributed by atoms with van der Waals surface area (Å²) in [5.41, 5.74) is 0.871. The molecule has 1 atom stereocenters. The van der Waals surface area contributed by atoms with Crippen molar-refractivity contribution in [2.75, 3.05) is 14.1 Å². The van der Waals surface area contributed by atoms with Crippen LogP contribution in [0.3, 0.4) is 0 Å². The third kappa shape index (κ3) is 4.81. The Morgan fingerprint density at radius 1 is 1.40 bits per heavy atom. The van der Waals surface area contributed by atoms with Crippen molar-refractivity contribution < 1.29 is 18.3 Å². The zero-order valence-corrected chi connectivity index (χ0v) is 13.4. The van der Waals surface area contributed by atoms with Gasteiger partial charge >= 0.3 is 5.97 Å². The first kappa shape index (κ1) is 17.0. The van der Waals surface area contributed by atoms with Crippen molar-refractivity contribution in [3.05, 3.63) is 29.8 Å². The summed E-state index contributed by atoms with van der Waals surface area (Å²) < 4.78 is 25.2. The number of aliphatic carboxylic acids is 1. The molecule has 0 bridgehead atoms. The molecule has 0 saturated carbocycles. The van der Waals surface area contributed by atoms with Gasteiger partial charge in [0.1, 0.15) is 0 Å². The van der Waals surface area contributed by atoms with Crippen LogP contribution < -0.4 is 0 Å². The van der Waals surface area contributed by atoms with Crippen molar-refractivity contribution in [3.63, 3.8) is 0 Å². The fraction of sp³-hybridized carbons (Fsp3) is 0.462. The Hall–Kier alpha value is -1.05. The molecule has 1 rings (SSSR count). The van der Waals surface area contributed by atoms with Gasteiger partial charge in [0.05, 0.1) is 11.3 Å². The molecule has 0 saturated heterocycles. The number of nitrogens with zero attached hydrogens (tertiary/aromatic N) is 1. The molecule has 112 valence electrons. The molecule has 0 spiro atoms. The van der Waals surface area contributed by atoms with Crippen molar-refractivity contribution in [2.24, 2.45) is 0 Å². The first-order valence-corrected chi connectivity index (χ1v) is 8.57. The van der Waals surface area contributed by atoms with E-state index in [9.17, 15) is 13.2 Å². The molecule has 1 aromatic rings. The van der Waals surface area contributed by atoms with E-state index in [1.807, 2.05) is 13.0 Å². The van der Waals surface area contributed by atoms with Crippen LogP contribution in [-0.2, 0) is 20.6 Å². The first-order valence-electron chi connectivity index (χ1n) is 6.08. The SMILES string of the molecule is CC(CC(=O)O)SCc1cccc(S(=O)(=O)N(C)C)c1. The number of benzene rings is 1. The molecule has 0 heterocycles. The van der Waals surface area contributed by atoms with E-state index in [2.05, 4.69) is 0 Å². The van der Waals surface area contributed by atoms with Gasteiger partial charge in [0.2, 0.25) is 10.0 Å². The molecule has 0 aliphatic carbocycles. The van der Waals surface area contributed by atoms with Gasteiger partial charge in [-0.15, -0.1) is 0 Å². The number of carbonyl (C=O) groups is 1. The molecule has 20 heavy (non-hydrogen) atoms. The third-order valence-corrected chi connectivity index (χ3v) is 5.72. The van der Waals surface area contributed by atoms with Crippen LogP contribution >= 0.6 is 11.8 Å². The van der Waals surface area contributed by atoms with Crippen LogP contribution in [0.25, 0.3) is 0 Å². The fourth-order valence-electron chi connectivity index (χ4n) is 1.55. The lowest BCUT2D eigenvalue weighted by Gasteiger charge is -2.13. The van der Waals surface area contributed by atoms with Gasteiger partial charge in [-0.05, 0) is 17.7 Å². The molecule has 0 aliphatic rings. The van der Waals surface area contributed by atoms with Crippen LogP contribution in [0.2, 0.25) is 0 Å². The Morgan fingerprint density at radius 2 is 2.05 bits per heavy atom. The molecular formula is C13H19NO4S2. The number of carboxylic acids is 1. The highest BCUT2D eigenvalue weighted by molar-refractivity contribution is 7.99. The highest BCUT2D eigenvalue weighted by atomic mass is 32.2. The molecule has 0 radical (unpaired) electrons. The van der Waals surface area contributed by atoms with E-state index in [-0.39, 0.29) is 16.6 Å². The predicted molar refractivity (Wildman–Crippen MR) is 80.3 cm³/mol. The second-order valence-electron chi connectivity index (χ2n) is 4.65. The van der Waals surface area contributed by atoms with Crippen molar-refractivity contribution in [1.82, 2.24) is 4.31 Å². The quantitative estimate of drug-likeness (QED) is 0.833. The Balaban J connectivity index is 2.77. The maximum atomic E-state index is 12.0. The molecular weight excluding hydrogens is 298 g/mol. The monoisotopic (exact) mass is 317 g/mol. The number of rotatable bonds is 7. The average molecular weight is 317 g/mol. The van der Waals surface area contributed by atoms with Crippen molar-refractivity contribution >= 4 is 27.8 Å². The minimum Gasteiger partial charge on any atom is -0.481 e. The van der Waals surface area contributed by atoms with Crippen molar-refractivity contribution in [1.29, 1.82) is 0 Å². The molecule has 1 N–H and O–H groups in total. The minimum atomic E-state index is -3.43. The summed E-state index contributed by atoms with van der Waals surface area (Å²) in [5, 5.41) is 8.68. The summed E-state index contributed by atoms with van der Waals surface area (Å²) in [6.07, 6.45) is 0.0976. The molecule has 0 amide bonds. The fourth-order valence-corrected chi connectivity index (χ4v) is 3.44. The number of hydrogen-bond donors (Lipinski definition) is 1. The number of hydrogen-bond acceptors (Lipinski definition) is 4. The zero-order chi connectivity index (χ0) is 15.3. The largest absolute Gasteiger partial charge is 0.481 e. The van der Waals surface area contributed by atoms with Gasteiger partial charge in [0.25, 0.3) is 0 Å². The maximum absolute atomic E-state index is 12.0. The van der Waals surface area contributed by atoms with E-state index in [4.69, 9.17) is 5.11 Å². The Labute approximate surface area is 124 Å². The van der Waals surface area contributed by atoms with Gasteiger partial charge in [0, 0.05) is 25.1 Å². The van der Waals surface area contributed by atoms with E-state index in [0.717, 1.165) is 5.56 Å². The van der Waals surface area contributed by atoms with Crippen LogP contribution in [0, 0.1) is 0 Å². The Bertz CT molecular complexity index is 569. The zero-order valence-electron chi connectivity index (χ0n) is 11.7. The molecule has 7 heteroatoms. The van der Waals surface area contributed by atoms with E-state index in [1.54, 1.807) is 18.2 Å². The van der Waals surface area contributed by atoms with E-state index in [0.29, 0.717) is 5.75 Å². The van der Waals surface area contributed by atoms with Gasteiger partial charge in [-0.1, -0.05) is 19.1 Å². The summed E-state index contributed by atoms with van der Waals surface area (Å²) in [5.74, 6) is -0.237. The van der Waals surface area contributed by atoms with Gasteiger partial charge in [-0.25, -0.2) is 12.7 Å². The van der Waals surface area contributed by atoms with Crippen LogP contribution in [-0.4, -0.2) is 43.1 Å². The van der Waals surface area contributed by atoms with Gasteiger partial charge in [-0.2, -0.15) is 11.8 Å². The van der Waals surface area contributed by atoms with E-state index in [1.165, 1.54) is 30.2 Å². The van der Waals surface area contributed by atoms with E-state index < -0.39 is 16.0 Å². The predicted octanol–water partition coefficient (Wildman–Crippen LogP) is 2.03. The molecule has 0 fully saturated rings. The van der Waals surface area contributed by atoms with Crippen LogP contribution in [0.5, 0.6) is 0 Å². The third-order valence-electron chi connectivity index (χ3n) is 2.67. The molecule has 0 aliphatic heterocycles. The number of sulfonamides is 1. The molecule has 1 aromatic carbocycles. The van der Waals surface area contributed by atoms with E-state index >= 15 is 0 Å². The van der Waals surface area contributed by atoms with Crippen LogP contribution in [0.4, 0.5) is 0 Å². The highest BCUT2D eigenvalue weighted by Crippen LogP contribution is 2.22. The van der Waals surface area contributed by atoms with Gasteiger partial charge in [0.15, 0.2) is 0 Å². The number of carboxylic acid groups (broad SMARTS) is 1. The Morgan fingerprint density at radius 3 is 2.60 bits per heavy atom. The van der Waals surface area contributed by atoms with Crippen LogP contribution in [0.15, 0.2) is 29.2 Å². The normalized spacial score (nSPS) is 13.4. The summed E-state index contributed by atoms with van der Waals surface area (Å²) in [6.45, 7) is 1.85. The first-order chi connectivity index (χ1) is 9.23. The molecule has 0 aromatic heterocycles. The lowest BCUT2D eigenvalue weighted by molar-refractivity contribution is -0.136. The maximum Gasteiger partial charge on any atom is 0.304 e. The topological polar surface area (TPSA) is 74.7 Å². The Kier molecular flexibility index (Phi) is 6.04. The average Bonchev–Trinajstić information content (AvgIpc) is 2.35. The van der Waals surface area contributed by atoms with Gasteiger partial charge < -0.3 is 5.11 Å². The van der Waals surface area contributed by atoms with Crippen molar-refractivity contribution in [3.8, 4) is 0 Å². The van der Waals surface area contributed by atoms with Crippen molar-refractivity contribution in [2.45, 2.75) is 29.2 Å². The van der Waals surface area contributed by atoms with Crippen LogP contribution in [0.1, 0.15) is 18.9 Å². The molecule has 5 nitrogen and oxygen atoms in total. The second-order valence-corrected chi connectivity index (χ2v) is 8.23. The highest BCUT2D eigenvalue weighted by Gasteiger charge is 2.17. The second kappa shape index (κ2) is 7.10.